The molecule has 0 heterocycles. The summed E-state index contributed by atoms with van der Waals surface area (Å²) in [5.74, 6) is -0.214. The SMILES string of the molecule is O=C(Nc1cccc(N=Cc2c(O)ccc3cc([N+](=O)[O-])ccc23)c1)c1ccccc1. The molecule has 0 unspecified atom stereocenters. The zero-order valence-electron chi connectivity index (χ0n) is 16.2. The Morgan fingerprint density at radius 2 is 1.77 bits per heavy atom. The van der Waals surface area contributed by atoms with Crippen LogP contribution in [0.5, 0.6) is 5.75 Å². The van der Waals surface area contributed by atoms with E-state index in [9.17, 15) is 20.0 Å². The molecule has 152 valence electrons. The minimum Gasteiger partial charge on any atom is -0.507 e. The molecule has 0 spiro atoms. The number of aromatic hydroxyl groups is 1. The van der Waals surface area contributed by atoms with E-state index in [1.54, 1.807) is 60.7 Å². The normalized spacial score (nSPS) is 11.0. The number of amides is 1. The molecule has 7 heteroatoms. The van der Waals surface area contributed by atoms with E-state index in [2.05, 4.69) is 10.3 Å². The number of nitrogens with zero attached hydrogens (tertiary/aromatic N) is 2. The van der Waals surface area contributed by atoms with Crippen LogP contribution in [0.25, 0.3) is 10.8 Å². The van der Waals surface area contributed by atoms with Gasteiger partial charge in [0, 0.05) is 35.2 Å². The summed E-state index contributed by atoms with van der Waals surface area (Å²) in [6.07, 6.45) is 1.50. The highest BCUT2D eigenvalue weighted by Crippen LogP contribution is 2.29. The van der Waals surface area contributed by atoms with Gasteiger partial charge in [0.1, 0.15) is 5.75 Å². The molecule has 2 N–H and O–H groups in total. The lowest BCUT2D eigenvalue weighted by atomic mass is 10.0. The van der Waals surface area contributed by atoms with E-state index in [1.165, 1.54) is 24.4 Å². The second kappa shape index (κ2) is 8.46. The molecule has 0 saturated heterocycles. The first-order valence-electron chi connectivity index (χ1n) is 9.42. The van der Waals surface area contributed by atoms with Crippen molar-refractivity contribution in [2.24, 2.45) is 4.99 Å². The van der Waals surface area contributed by atoms with Gasteiger partial charge < -0.3 is 10.4 Å². The monoisotopic (exact) mass is 411 g/mol. The number of nitro groups is 1. The summed E-state index contributed by atoms with van der Waals surface area (Å²) in [5, 5.41) is 25.4. The Bertz CT molecular complexity index is 1320. The molecule has 7 nitrogen and oxygen atoms in total. The Balaban J connectivity index is 1.61. The molecule has 0 fully saturated rings. The largest absolute Gasteiger partial charge is 0.507 e. The molecule has 0 aliphatic heterocycles. The minimum absolute atomic E-state index is 0.0126. The maximum absolute atomic E-state index is 12.3. The standard InChI is InChI=1S/C24H17N3O4/c28-23-12-9-17-13-20(27(30)31)10-11-21(17)22(23)15-25-18-7-4-8-19(14-18)26-24(29)16-5-2-1-3-6-16/h1-15,28H,(H,26,29). The number of non-ortho nitro benzene ring substituents is 1. The van der Waals surface area contributed by atoms with E-state index in [-0.39, 0.29) is 17.3 Å². The second-order valence-electron chi connectivity index (χ2n) is 6.79. The van der Waals surface area contributed by atoms with Gasteiger partial charge in [-0.2, -0.15) is 0 Å². The maximum Gasteiger partial charge on any atom is 0.270 e. The fraction of sp³-hybridized carbons (Fsp3) is 0. The van der Waals surface area contributed by atoms with Crippen molar-refractivity contribution >= 4 is 40.0 Å². The van der Waals surface area contributed by atoms with Gasteiger partial charge in [0.05, 0.1) is 10.6 Å². The fourth-order valence-electron chi connectivity index (χ4n) is 3.17. The third-order valence-electron chi connectivity index (χ3n) is 4.72. The number of carbonyl (C=O) groups is 1. The van der Waals surface area contributed by atoms with Crippen molar-refractivity contribution in [1.82, 2.24) is 0 Å². The first-order chi connectivity index (χ1) is 15.0. The van der Waals surface area contributed by atoms with Crippen LogP contribution in [0.4, 0.5) is 17.1 Å². The van der Waals surface area contributed by atoms with Crippen LogP contribution in [-0.4, -0.2) is 22.2 Å². The zero-order valence-corrected chi connectivity index (χ0v) is 16.2. The number of nitrogens with one attached hydrogen (secondary N) is 1. The first-order valence-corrected chi connectivity index (χ1v) is 9.42. The summed E-state index contributed by atoms with van der Waals surface area (Å²) < 4.78 is 0. The number of anilines is 1. The van der Waals surface area contributed by atoms with E-state index in [4.69, 9.17) is 0 Å². The average molecular weight is 411 g/mol. The molecule has 0 bridgehead atoms. The van der Waals surface area contributed by atoms with Crippen LogP contribution in [0.15, 0.2) is 89.9 Å². The highest BCUT2D eigenvalue weighted by atomic mass is 16.6. The number of fused-ring (bicyclic) bond motifs is 1. The van der Waals surface area contributed by atoms with Crippen molar-refractivity contribution in [3.63, 3.8) is 0 Å². The third kappa shape index (κ3) is 4.40. The Morgan fingerprint density at radius 3 is 2.55 bits per heavy atom. The zero-order chi connectivity index (χ0) is 21.8. The van der Waals surface area contributed by atoms with Gasteiger partial charge in [-0.3, -0.25) is 19.9 Å². The summed E-state index contributed by atoms with van der Waals surface area (Å²) in [6.45, 7) is 0. The molecule has 4 aromatic rings. The molecule has 31 heavy (non-hydrogen) atoms. The lowest BCUT2D eigenvalue weighted by Crippen LogP contribution is -2.11. The lowest BCUT2D eigenvalue weighted by Gasteiger charge is -2.07. The molecule has 0 aliphatic rings. The fourth-order valence-corrected chi connectivity index (χ4v) is 3.17. The molecule has 0 radical (unpaired) electrons. The summed E-state index contributed by atoms with van der Waals surface area (Å²) in [4.78, 5) is 27.3. The molecule has 1 amide bonds. The number of phenolic OH excluding ortho intramolecular Hbond substituents is 1. The molecular weight excluding hydrogens is 394 g/mol. The molecule has 0 atom stereocenters. The molecule has 4 aromatic carbocycles. The van der Waals surface area contributed by atoms with Crippen molar-refractivity contribution < 1.29 is 14.8 Å². The van der Waals surface area contributed by atoms with E-state index >= 15 is 0 Å². The van der Waals surface area contributed by atoms with Crippen LogP contribution in [0, 0.1) is 10.1 Å². The van der Waals surface area contributed by atoms with Gasteiger partial charge in [-0.15, -0.1) is 0 Å². The number of rotatable bonds is 5. The van der Waals surface area contributed by atoms with Crippen LogP contribution in [0.2, 0.25) is 0 Å². The number of carbonyl (C=O) groups excluding carboxylic acids is 1. The predicted molar refractivity (Wildman–Crippen MR) is 120 cm³/mol. The number of phenols is 1. The molecule has 0 aliphatic carbocycles. The van der Waals surface area contributed by atoms with Crippen molar-refractivity contribution in [1.29, 1.82) is 0 Å². The third-order valence-corrected chi connectivity index (χ3v) is 4.72. The van der Waals surface area contributed by atoms with Gasteiger partial charge in [-0.1, -0.05) is 30.3 Å². The van der Waals surface area contributed by atoms with Gasteiger partial charge in [0.15, 0.2) is 0 Å². The van der Waals surface area contributed by atoms with Gasteiger partial charge in [0.25, 0.3) is 11.6 Å². The van der Waals surface area contributed by atoms with E-state index in [1.807, 2.05) is 6.07 Å². The van der Waals surface area contributed by atoms with Crippen LogP contribution in [0.3, 0.4) is 0 Å². The number of benzene rings is 4. The molecule has 0 aromatic heterocycles. The van der Waals surface area contributed by atoms with Crippen LogP contribution in [0.1, 0.15) is 15.9 Å². The summed E-state index contributed by atoms with van der Waals surface area (Å²) in [5.41, 5.74) is 2.13. The van der Waals surface area contributed by atoms with Crippen molar-refractivity contribution in [2.45, 2.75) is 0 Å². The number of nitro benzene ring substituents is 1. The van der Waals surface area contributed by atoms with Gasteiger partial charge in [-0.25, -0.2) is 0 Å². The lowest BCUT2D eigenvalue weighted by molar-refractivity contribution is -0.384. The smallest absolute Gasteiger partial charge is 0.270 e. The first kappa shape index (κ1) is 19.8. The van der Waals surface area contributed by atoms with Crippen LogP contribution < -0.4 is 5.32 Å². The Hall–Kier alpha value is -4.52. The highest BCUT2D eigenvalue weighted by molar-refractivity contribution is 6.05. The van der Waals surface area contributed by atoms with Crippen molar-refractivity contribution in [2.75, 3.05) is 5.32 Å². The molecular formula is C24H17N3O4. The van der Waals surface area contributed by atoms with Gasteiger partial charge >= 0.3 is 0 Å². The number of hydrogen-bond acceptors (Lipinski definition) is 5. The van der Waals surface area contributed by atoms with Crippen LogP contribution >= 0.6 is 0 Å². The van der Waals surface area contributed by atoms with Gasteiger partial charge in [0.2, 0.25) is 0 Å². The minimum atomic E-state index is -0.463. The molecule has 4 rings (SSSR count). The predicted octanol–water partition coefficient (Wildman–Crippen LogP) is 5.46. The van der Waals surface area contributed by atoms with E-state index in [0.717, 1.165) is 0 Å². The number of aliphatic imine (C=N–C) groups is 1. The second-order valence-corrected chi connectivity index (χ2v) is 6.79. The van der Waals surface area contributed by atoms with Gasteiger partial charge in [-0.05, 0) is 53.2 Å². The topological polar surface area (TPSA) is 105 Å². The average Bonchev–Trinajstić information content (AvgIpc) is 2.79. The highest BCUT2D eigenvalue weighted by Gasteiger charge is 2.11. The summed E-state index contributed by atoms with van der Waals surface area (Å²) >= 11 is 0. The van der Waals surface area contributed by atoms with Crippen LogP contribution in [-0.2, 0) is 0 Å². The van der Waals surface area contributed by atoms with E-state index in [0.29, 0.717) is 33.3 Å². The summed E-state index contributed by atoms with van der Waals surface area (Å²) in [7, 11) is 0. The van der Waals surface area contributed by atoms with Crippen molar-refractivity contribution in [3.05, 3.63) is 106 Å². The molecule has 0 saturated carbocycles. The maximum atomic E-state index is 12.3. The summed E-state index contributed by atoms with van der Waals surface area (Å²) in [6, 6.07) is 23.4. The van der Waals surface area contributed by atoms with E-state index < -0.39 is 4.92 Å². The Labute approximate surface area is 177 Å². The quantitative estimate of drug-likeness (QED) is 0.258. The van der Waals surface area contributed by atoms with Crippen molar-refractivity contribution in [3.8, 4) is 5.75 Å². The number of hydrogen-bond donors (Lipinski definition) is 2. The Morgan fingerprint density at radius 1 is 0.968 bits per heavy atom. The Kier molecular flexibility index (Phi) is 5.40.